The molecule has 0 bridgehead atoms. The van der Waals surface area contributed by atoms with Gasteiger partial charge in [-0.15, -0.1) is 11.8 Å². The van der Waals surface area contributed by atoms with Gasteiger partial charge in [0, 0.05) is 11.3 Å². The van der Waals surface area contributed by atoms with Crippen LogP contribution < -0.4 is 5.32 Å². The van der Waals surface area contributed by atoms with Gasteiger partial charge in [0.2, 0.25) is 5.91 Å². The molecule has 0 atom stereocenters. The molecule has 0 unspecified atom stereocenters. The zero-order valence-corrected chi connectivity index (χ0v) is 14.0. The summed E-state index contributed by atoms with van der Waals surface area (Å²) in [6, 6.07) is 17.3. The zero-order valence-electron chi connectivity index (χ0n) is 13.2. The summed E-state index contributed by atoms with van der Waals surface area (Å²) in [5.41, 5.74) is 2.87. The third-order valence-corrected chi connectivity index (χ3v) is 4.22. The van der Waals surface area contributed by atoms with Crippen LogP contribution in [0, 0.1) is 6.92 Å². The SMILES string of the molecule is Cc1ccc(-c2nc(CSCC(=O)Nc3ccccc3)no2)cc1. The van der Waals surface area contributed by atoms with E-state index in [4.69, 9.17) is 4.52 Å². The first-order chi connectivity index (χ1) is 11.7. The van der Waals surface area contributed by atoms with Gasteiger partial charge in [-0.25, -0.2) is 0 Å². The van der Waals surface area contributed by atoms with Crippen molar-refractivity contribution in [2.45, 2.75) is 12.7 Å². The van der Waals surface area contributed by atoms with Gasteiger partial charge in [-0.05, 0) is 31.2 Å². The number of carbonyl (C=O) groups is 1. The Morgan fingerprint density at radius 3 is 2.62 bits per heavy atom. The maximum atomic E-state index is 11.9. The Hall–Kier alpha value is -2.60. The Morgan fingerprint density at radius 2 is 1.88 bits per heavy atom. The van der Waals surface area contributed by atoms with Crippen LogP contribution in [0.25, 0.3) is 11.5 Å². The Bertz CT molecular complexity index is 801. The van der Waals surface area contributed by atoms with Gasteiger partial charge in [0.25, 0.3) is 5.89 Å². The first-order valence-corrected chi connectivity index (χ1v) is 8.68. The number of para-hydroxylation sites is 1. The van der Waals surface area contributed by atoms with Crippen molar-refractivity contribution in [1.82, 2.24) is 10.1 Å². The predicted octanol–water partition coefficient (Wildman–Crippen LogP) is 3.92. The third kappa shape index (κ3) is 4.45. The van der Waals surface area contributed by atoms with Crippen LogP contribution in [0.1, 0.15) is 11.4 Å². The minimum atomic E-state index is -0.0477. The predicted molar refractivity (Wildman–Crippen MR) is 95.7 cm³/mol. The van der Waals surface area contributed by atoms with Crippen LogP contribution >= 0.6 is 11.8 Å². The number of nitrogens with zero attached hydrogens (tertiary/aromatic N) is 2. The number of thioether (sulfide) groups is 1. The molecule has 6 heteroatoms. The highest BCUT2D eigenvalue weighted by Gasteiger charge is 2.10. The number of aryl methyl sites for hydroxylation is 1. The van der Waals surface area contributed by atoms with Crippen LogP contribution in [0.2, 0.25) is 0 Å². The van der Waals surface area contributed by atoms with E-state index >= 15 is 0 Å². The molecule has 0 saturated heterocycles. The topological polar surface area (TPSA) is 68.0 Å². The molecule has 0 aliphatic carbocycles. The molecule has 1 amide bonds. The highest BCUT2D eigenvalue weighted by atomic mass is 32.2. The van der Waals surface area contributed by atoms with Crippen LogP contribution in [0.3, 0.4) is 0 Å². The summed E-state index contributed by atoms with van der Waals surface area (Å²) in [6.07, 6.45) is 0. The Labute approximate surface area is 144 Å². The lowest BCUT2D eigenvalue weighted by atomic mass is 10.1. The summed E-state index contributed by atoms with van der Waals surface area (Å²) >= 11 is 1.45. The second-order valence-electron chi connectivity index (χ2n) is 5.29. The lowest BCUT2D eigenvalue weighted by molar-refractivity contribution is -0.113. The van der Waals surface area contributed by atoms with Gasteiger partial charge in [0.15, 0.2) is 5.82 Å². The number of rotatable bonds is 6. The smallest absolute Gasteiger partial charge is 0.257 e. The second kappa shape index (κ2) is 7.79. The number of carbonyl (C=O) groups excluding carboxylic acids is 1. The maximum Gasteiger partial charge on any atom is 0.257 e. The standard InChI is InChI=1S/C18H17N3O2S/c1-13-7-9-14(10-8-13)18-20-16(21-23-18)11-24-12-17(22)19-15-5-3-2-4-6-15/h2-10H,11-12H2,1H3,(H,19,22). The number of aromatic nitrogens is 2. The fourth-order valence-corrected chi connectivity index (χ4v) is 2.74. The van der Waals surface area contributed by atoms with Crippen LogP contribution in [-0.4, -0.2) is 21.8 Å². The molecule has 0 saturated carbocycles. The van der Waals surface area contributed by atoms with Crippen LogP contribution in [0.15, 0.2) is 59.1 Å². The normalized spacial score (nSPS) is 10.5. The Kier molecular flexibility index (Phi) is 5.28. The molecule has 3 aromatic rings. The quantitative estimate of drug-likeness (QED) is 0.737. The van der Waals surface area contributed by atoms with Gasteiger partial charge in [-0.1, -0.05) is 41.1 Å². The van der Waals surface area contributed by atoms with Gasteiger partial charge >= 0.3 is 0 Å². The molecular formula is C18H17N3O2S. The first kappa shape index (κ1) is 16.3. The molecule has 0 radical (unpaired) electrons. The van der Waals surface area contributed by atoms with E-state index in [1.54, 1.807) is 0 Å². The molecule has 2 aromatic carbocycles. The van der Waals surface area contributed by atoms with Crippen molar-refractivity contribution < 1.29 is 9.32 Å². The highest BCUT2D eigenvalue weighted by Crippen LogP contribution is 2.19. The molecule has 3 rings (SSSR count). The van der Waals surface area contributed by atoms with Gasteiger partial charge < -0.3 is 9.84 Å². The fourth-order valence-electron chi connectivity index (χ4n) is 2.08. The summed E-state index contributed by atoms with van der Waals surface area (Å²) in [6.45, 7) is 2.03. The van der Waals surface area contributed by atoms with Crippen molar-refractivity contribution in [3.05, 3.63) is 66.0 Å². The van der Waals surface area contributed by atoms with E-state index in [2.05, 4.69) is 15.5 Å². The molecule has 5 nitrogen and oxygen atoms in total. The molecule has 0 spiro atoms. The Balaban J connectivity index is 1.49. The van der Waals surface area contributed by atoms with E-state index in [9.17, 15) is 4.79 Å². The van der Waals surface area contributed by atoms with E-state index in [1.807, 2.05) is 61.5 Å². The monoisotopic (exact) mass is 339 g/mol. The average molecular weight is 339 g/mol. The molecule has 24 heavy (non-hydrogen) atoms. The number of anilines is 1. The van der Waals surface area contributed by atoms with E-state index in [-0.39, 0.29) is 5.91 Å². The molecule has 1 heterocycles. The van der Waals surface area contributed by atoms with Crippen molar-refractivity contribution in [2.24, 2.45) is 0 Å². The van der Waals surface area contributed by atoms with Crippen molar-refractivity contribution >= 4 is 23.4 Å². The summed E-state index contributed by atoms with van der Waals surface area (Å²) < 4.78 is 5.27. The summed E-state index contributed by atoms with van der Waals surface area (Å²) in [7, 11) is 0. The minimum Gasteiger partial charge on any atom is -0.334 e. The van der Waals surface area contributed by atoms with Gasteiger partial charge in [-0.3, -0.25) is 4.79 Å². The van der Waals surface area contributed by atoms with E-state index in [1.165, 1.54) is 17.3 Å². The molecule has 0 aliphatic heterocycles. The molecule has 122 valence electrons. The van der Waals surface area contributed by atoms with Crippen LogP contribution in [0.5, 0.6) is 0 Å². The van der Waals surface area contributed by atoms with Gasteiger partial charge in [-0.2, -0.15) is 4.98 Å². The van der Waals surface area contributed by atoms with Crippen molar-refractivity contribution in [2.75, 3.05) is 11.1 Å². The van der Waals surface area contributed by atoms with Crippen LogP contribution in [-0.2, 0) is 10.5 Å². The lowest BCUT2D eigenvalue weighted by Crippen LogP contribution is -2.14. The zero-order chi connectivity index (χ0) is 16.8. The second-order valence-corrected chi connectivity index (χ2v) is 6.27. The van der Waals surface area contributed by atoms with Crippen molar-refractivity contribution in [3.8, 4) is 11.5 Å². The Morgan fingerprint density at radius 1 is 1.12 bits per heavy atom. The minimum absolute atomic E-state index is 0.0477. The number of hydrogen-bond donors (Lipinski definition) is 1. The van der Waals surface area contributed by atoms with E-state index in [0.29, 0.717) is 23.2 Å². The molecule has 1 aromatic heterocycles. The van der Waals surface area contributed by atoms with E-state index in [0.717, 1.165) is 11.3 Å². The van der Waals surface area contributed by atoms with Crippen LogP contribution in [0.4, 0.5) is 5.69 Å². The van der Waals surface area contributed by atoms with Crippen molar-refractivity contribution in [1.29, 1.82) is 0 Å². The molecule has 0 fully saturated rings. The van der Waals surface area contributed by atoms with Gasteiger partial charge in [0.05, 0.1) is 11.5 Å². The summed E-state index contributed by atoms with van der Waals surface area (Å²) in [5.74, 6) is 1.90. The third-order valence-electron chi connectivity index (χ3n) is 3.29. The highest BCUT2D eigenvalue weighted by molar-refractivity contribution is 7.99. The first-order valence-electron chi connectivity index (χ1n) is 7.53. The number of benzene rings is 2. The molecule has 0 aliphatic rings. The molecule has 1 N–H and O–H groups in total. The maximum absolute atomic E-state index is 11.9. The number of nitrogens with one attached hydrogen (secondary N) is 1. The average Bonchev–Trinajstić information content (AvgIpc) is 3.05. The van der Waals surface area contributed by atoms with E-state index < -0.39 is 0 Å². The molecular weight excluding hydrogens is 322 g/mol. The van der Waals surface area contributed by atoms with Crippen molar-refractivity contribution in [3.63, 3.8) is 0 Å². The summed E-state index contributed by atoms with van der Waals surface area (Å²) in [4.78, 5) is 16.2. The fraction of sp³-hybridized carbons (Fsp3) is 0.167. The number of amides is 1. The summed E-state index contributed by atoms with van der Waals surface area (Å²) in [5, 5.41) is 6.80. The van der Waals surface area contributed by atoms with Gasteiger partial charge in [0.1, 0.15) is 0 Å². The lowest BCUT2D eigenvalue weighted by Gasteiger charge is -2.03. The largest absolute Gasteiger partial charge is 0.334 e. The number of hydrogen-bond acceptors (Lipinski definition) is 5.